The fraction of sp³-hybridized carbons (Fsp3) is 0.278. The van der Waals surface area contributed by atoms with Crippen LogP contribution >= 0.6 is 0 Å². The minimum absolute atomic E-state index is 0.162. The zero-order valence-corrected chi connectivity index (χ0v) is 14.3. The third kappa shape index (κ3) is 2.50. The highest BCUT2D eigenvalue weighted by atomic mass is 16.2. The number of anilines is 1. The molecule has 3 aromatic heterocycles. The van der Waals surface area contributed by atoms with Crippen LogP contribution in [0.1, 0.15) is 30.3 Å². The van der Waals surface area contributed by atoms with Crippen LogP contribution in [-0.2, 0) is 11.3 Å². The number of nitrogens with zero attached hydrogens (tertiary/aromatic N) is 6. The highest BCUT2D eigenvalue weighted by Crippen LogP contribution is 2.40. The van der Waals surface area contributed by atoms with Gasteiger partial charge < -0.3 is 4.57 Å². The van der Waals surface area contributed by atoms with E-state index in [4.69, 9.17) is 4.98 Å². The Morgan fingerprint density at radius 2 is 2.04 bits per heavy atom. The standard InChI is InChI=1S/C18H17N7O/c1-11-8-9-24-17(19-11)22-23-18(24)21-15(26)10-25-14-5-3-2-4-13(14)20-16(25)12-6-7-12/h2-5,8-9,12H,6-7,10H2,1H3,(H,21,23,26). The lowest BCUT2D eigenvalue weighted by molar-refractivity contribution is -0.116. The van der Waals surface area contributed by atoms with Gasteiger partial charge in [0.2, 0.25) is 11.9 Å². The van der Waals surface area contributed by atoms with E-state index in [1.165, 1.54) is 0 Å². The van der Waals surface area contributed by atoms with E-state index in [9.17, 15) is 4.79 Å². The highest BCUT2D eigenvalue weighted by Gasteiger charge is 2.30. The molecule has 1 saturated carbocycles. The molecule has 0 atom stereocenters. The Morgan fingerprint density at radius 1 is 1.19 bits per heavy atom. The number of aryl methyl sites for hydroxylation is 1. The van der Waals surface area contributed by atoms with Crippen molar-refractivity contribution in [3.05, 3.63) is 48.0 Å². The number of para-hydroxylation sites is 2. The number of amides is 1. The molecule has 1 N–H and O–H groups in total. The van der Waals surface area contributed by atoms with Crippen molar-refractivity contribution in [1.82, 2.24) is 29.1 Å². The van der Waals surface area contributed by atoms with Crippen LogP contribution in [0.15, 0.2) is 36.5 Å². The second kappa shape index (κ2) is 5.62. The lowest BCUT2D eigenvalue weighted by atomic mass is 10.3. The Morgan fingerprint density at radius 3 is 2.88 bits per heavy atom. The summed E-state index contributed by atoms with van der Waals surface area (Å²) in [6.45, 7) is 2.08. The topological polar surface area (TPSA) is 90.0 Å². The number of aromatic nitrogens is 6. The van der Waals surface area contributed by atoms with Gasteiger partial charge in [-0.15, -0.1) is 10.2 Å². The van der Waals surface area contributed by atoms with Gasteiger partial charge in [0, 0.05) is 17.8 Å². The van der Waals surface area contributed by atoms with Crippen molar-refractivity contribution in [1.29, 1.82) is 0 Å². The van der Waals surface area contributed by atoms with Gasteiger partial charge in [-0.3, -0.25) is 14.5 Å². The number of nitrogens with one attached hydrogen (secondary N) is 1. The van der Waals surface area contributed by atoms with Crippen LogP contribution in [0.5, 0.6) is 0 Å². The maximum atomic E-state index is 12.7. The number of benzene rings is 1. The fourth-order valence-corrected chi connectivity index (χ4v) is 3.18. The van der Waals surface area contributed by atoms with Crippen molar-refractivity contribution in [3.8, 4) is 0 Å². The van der Waals surface area contributed by atoms with Crippen LogP contribution in [0, 0.1) is 6.92 Å². The molecule has 8 nitrogen and oxygen atoms in total. The molecule has 130 valence electrons. The lowest BCUT2D eigenvalue weighted by Crippen LogP contribution is -2.21. The molecule has 26 heavy (non-hydrogen) atoms. The third-order valence-electron chi connectivity index (χ3n) is 4.60. The maximum Gasteiger partial charge on any atom is 0.256 e. The van der Waals surface area contributed by atoms with Crippen molar-refractivity contribution >= 4 is 28.7 Å². The Kier molecular flexibility index (Phi) is 3.24. The van der Waals surface area contributed by atoms with Crippen LogP contribution < -0.4 is 5.32 Å². The summed E-state index contributed by atoms with van der Waals surface area (Å²) in [6, 6.07) is 9.76. The molecule has 1 amide bonds. The quantitative estimate of drug-likeness (QED) is 0.612. The van der Waals surface area contributed by atoms with Gasteiger partial charge in [-0.1, -0.05) is 12.1 Å². The summed E-state index contributed by atoms with van der Waals surface area (Å²) in [5.74, 6) is 2.12. The van der Waals surface area contributed by atoms with Crippen LogP contribution in [0.2, 0.25) is 0 Å². The number of fused-ring (bicyclic) bond motifs is 2. The molecule has 0 aliphatic heterocycles. The Bertz CT molecular complexity index is 1140. The van der Waals surface area contributed by atoms with Crippen molar-refractivity contribution in [2.75, 3.05) is 5.32 Å². The molecule has 0 unspecified atom stereocenters. The largest absolute Gasteiger partial charge is 0.318 e. The SMILES string of the molecule is Cc1ccn2c(NC(=O)Cn3c(C4CC4)nc4ccccc43)nnc2n1. The number of rotatable bonds is 4. The first-order valence-electron chi connectivity index (χ1n) is 8.62. The molecular weight excluding hydrogens is 330 g/mol. The van der Waals surface area contributed by atoms with Gasteiger partial charge in [0.25, 0.3) is 5.78 Å². The molecule has 8 heteroatoms. The summed E-state index contributed by atoms with van der Waals surface area (Å²) in [6.07, 6.45) is 4.06. The van der Waals surface area contributed by atoms with Crippen LogP contribution in [0.4, 0.5) is 5.95 Å². The molecule has 3 heterocycles. The summed E-state index contributed by atoms with van der Waals surface area (Å²) in [7, 11) is 0. The molecule has 5 rings (SSSR count). The Labute approximate surface area is 148 Å². The van der Waals surface area contributed by atoms with E-state index >= 15 is 0 Å². The van der Waals surface area contributed by atoms with Gasteiger partial charge in [0.1, 0.15) is 12.4 Å². The molecular formula is C18H17N7O. The zero-order valence-electron chi connectivity index (χ0n) is 14.3. The predicted octanol–water partition coefficient (Wildman–Crippen LogP) is 2.30. The van der Waals surface area contributed by atoms with Crippen molar-refractivity contribution in [2.45, 2.75) is 32.2 Å². The first kappa shape index (κ1) is 15.0. The summed E-state index contributed by atoms with van der Waals surface area (Å²) in [4.78, 5) is 21.7. The molecule has 1 fully saturated rings. The van der Waals surface area contributed by atoms with Crippen molar-refractivity contribution in [2.24, 2.45) is 0 Å². The van der Waals surface area contributed by atoms with E-state index in [0.717, 1.165) is 35.4 Å². The first-order valence-corrected chi connectivity index (χ1v) is 8.62. The van der Waals surface area contributed by atoms with E-state index in [1.807, 2.05) is 41.8 Å². The average molecular weight is 347 g/mol. The summed E-state index contributed by atoms with van der Waals surface area (Å²) < 4.78 is 3.67. The second-order valence-corrected chi connectivity index (χ2v) is 6.63. The molecule has 0 saturated heterocycles. The minimum atomic E-state index is -0.162. The van der Waals surface area contributed by atoms with Crippen molar-refractivity contribution in [3.63, 3.8) is 0 Å². The molecule has 1 aliphatic rings. The lowest BCUT2D eigenvalue weighted by Gasteiger charge is -2.08. The number of carbonyl (C=O) groups is 1. The smallest absolute Gasteiger partial charge is 0.256 e. The number of carbonyl (C=O) groups excluding carboxylic acids is 1. The first-order chi connectivity index (χ1) is 12.7. The maximum absolute atomic E-state index is 12.7. The van der Waals surface area contributed by atoms with E-state index in [2.05, 4.69) is 20.5 Å². The molecule has 1 aliphatic carbocycles. The summed E-state index contributed by atoms with van der Waals surface area (Å²) in [5.41, 5.74) is 2.75. The highest BCUT2D eigenvalue weighted by molar-refractivity contribution is 5.90. The summed E-state index contributed by atoms with van der Waals surface area (Å²) >= 11 is 0. The van der Waals surface area contributed by atoms with Gasteiger partial charge in [-0.05, 0) is 38.0 Å². The van der Waals surface area contributed by atoms with Gasteiger partial charge >= 0.3 is 0 Å². The average Bonchev–Trinajstić information content (AvgIpc) is 3.32. The van der Waals surface area contributed by atoms with Crippen molar-refractivity contribution < 1.29 is 4.79 Å². The van der Waals surface area contributed by atoms with E-state index in [-0.39, 0.29) is 12.5 Å². The van der Waals surface area contributed by atoms with Gasteiger partial charge in [-0.25, -0.2) is 9.97 Å². The number of imidazole rings is 1. The molecule has 4 aromatic rings. The third-order valence-corrected chi connectivity index (χ3v) is 4.60. The Hall–Kier alpha value is -3.29. The zero-order chi connectivity index (χ0) is 17.7. The Balaban J connectivity index is 1.45. The van der Waals surface area contributed by atoms with Crippen LogP contribution in [0.25, 0.3) is 16.8 Å². The van der Waals surface area contributed by atoms with Crippen LogP contribution in [-0.4, -0.2) is 35.0 Å². The van der Waals surface area contributed by atoms with Crippen LogP contribution in [0.3, 0.4) is 0 Å². The molecule has 1 aromatic carbocycles. The van der Waals surface area contributed by atoms with E-state index in [0.29, 0.717) is 17.6 Å². The molecule has 0 spiro atoms. The normalized spacial score (nSPS) is 14.2. The monoisotopic (exact) mass is 347 g/mol. The van der Waals surface area contributed by atoms with Gasteiger partial charge in [-0.2, -0.15) is 0 Å². The fourth-order valence-electron chi connectivity index (χ4n) is 3.18. The predicted molar refractivity (Wildman–Crippen MR) is 95.9 cm³/mol. The molecule has 0 bridgehead atoms. The number of hydrogen-bond donors (Lipinski definition) is 1. The summed E-state index contributed by atoms with van der Waals surface area (Å²) in [5, 5.41) is 10.9. The second-order valence-electron chi connectivity index (χ2n) is 6.63. The van der Waals surface area contributed by atoms with Gasteiger partial charge in [0.15, 0.2) is 0 Å². The number of hydrogen-bond acceptors (Lipinski definition) is 5. The minimum Gasteiger partial charge on any atom is -0.318 e. The van der Waals surface area contributed by atoms with E-state index < -0.39 is 0 Å². The van der Waals surface area contributed by atoms with E-state index in [1.54, 1.807) is 10.6 Å². The van der Waals surface area contributed by atoms with Gasteiger partial charge in [0.05, 0.1) is 11.0 Å². The molecule has 0 radical (unpaired) electrons.